The Kier molecular flexibility index (Phi) is 6.58. The minimum Gasteiger partial charge on any atom is -0.462 e. The molecule has 1 N–H and O–H groups in total. The lowest BCUT2D eigenvalue weighted by Crippen LogP contribution is -2.33. The number of ether oxygens (including phenoxy) is 1. The molecule has 27 heavy (non-hydrogen) atoms. The van der Waals surface area contributed by atoms with Gasteiger partial charge in [-0.2, -0.15) is 0 Å². The van der Waals surface area contributed by atoms with E-state index in [-0.39, 0.29) is 11.9 Å². The molecular weight excluding hydrogens is 366 g/mol. The maximum atomic E-state index is 12.3. The standard InChI is InChI=1S/C19H24ClN5O2/c1-3-27-18(26)16-8-15(20)11-22-17(16)14-4-6-25(7-5-14)12-13-9-23-19(21-2)24-10-13/h8-11,14H,3-7,12H2,1-2H3,(H,21,23,24). The van der Waals surface area contributed by atoms with Crippen LogP contribution in [0.4, 0.5) is 5.95 Å². The van der Waals surface area contributed by atoms with Gasteiger partial charge in [-0.1, -0.05) is 11.6 Å². The number of hydrogen-bond donors (Lipinski definition) is 1. The molecule has 2 aromatic rings. The summed E-state index contributed by atoms with van der Waals surface area (Å²) < 4.78 is 5.17. The number of aromatic nitrogens is 3. The topological polar surface area (TPSA) is 80.2 Å². The normalized spacial score (nSPS) is 15.5. The molecule has 0 spiro atoms. The highest BCUT2D eigenvalue weighted by Gasteiger charge is 2.26. The predicted octanol–water partition coefficient (Wildman–Crippen LogP) is 3.12. The van der Waals surface area contributed by atoms with E-state index in [2.05, 4.69) is 25.2 Å². The van der Waals surface area contributed by atoms with E-state index in [1.54, 1.807) is 26.2 Å². The molecule has 1 aliphatic rings. The lowest BCUT2D eigenvalue weighted by Gasteiger charge is -2.32. The molecule has 0 atom stereocenters. The molecule has 0 saturated carbocycles. The summed E-state index contributed by atoms with van der Waals surface area (Å²) in [5.41, 5.74) is 2.36. The summed E-state index contributed by atoms with van der Waals surface area (Å²) in [4.78, 5) is 27.6. The molecule has 144 valence electrons. The van der Waals surface area contributed by atoms with Gasteiger partial charge in [0.1, 0.15) is 0 Å². The lowest BCUT2D eigenvalue weighted by atomic mass is 9.90. The smallest absolute Gasteiger partial charge is 0.340 e. The maximum Gasteiger partial charge on any atom is 0.340 e. The number of likely N-dealkylation sites (tertiary alicyclic amines) is 1. The van der Waals surface area contributed by atoms with Gasteiger partial charge in [-0.05, 0) is 38.9 Å². The first-order chi connectivity index (χ1) is 13.1. The fourth-order valence-electron chi connectivity index (χ4n) is 3.34. The molecule has 0 unspecified atom stereocenters. The quantitative estimate of drug-likeness (QED) is 0.760. The zero-order valence-electron chi connectivity index (χ0n) is 15.6. The summed E-state index contributed by atoms with van der Waals surface area (Å²) in [5, 5.41) is 3.37. The summed E-state index contributed by atoms with van der Waals surface area (Å²) in [5.74, 6) is 0.491. The van der Waals surface area contributed by atoms with Crippen molar-refractivity contribution >= 4 is 23.5 Å². The molecule has 1 saturated heterocycles. The van der Waals surface area contributed by atoms with E-state index in [9.17, 15) is 4.79 Å². The number of anilines is 1. The van der Waals surface area contributed by atoms with Crippen LogP contribution in [0.25, 0.3) is 0 Å². The van der Waals surface area contributed by atoms with Crippen LogP contribution in [-0.4, -0.2) is 52.6 Å². The Morgan fingerprint density at radius 3 is 2.59 bits per heavy atom. The Balaban J connectivity index is 1.64. The number of carbonyl (C=O) groups excluding carboxylic acids is 1. The number of nitrogens with one attached hydrogen (secondary N) is 1. The zero-order chi connectivity index (χ0) is 19.2. The Bertz CT molecular complexity index is 776. The summed E-state index contributed by atoms with van der Waals surface area (Å²) in [6, 6.07) is 1.66. The molecule has 0 bridgehead atoms. The molecule has 0 amide bonds. The van der Waals surface area contributed by atoms with Crippen molar-refractivity contribution in [3.8, 4) is 0 Å². The number of esters is 1. The molecule has 3 rings (SSSR count). The highest BCUT2D eigenvalue weighted by atomic mass is 35.5. The van der Waals surface area contributed by atoms with E-state index in [1.165, 1.54) is 0 Å². The van der Waals surface area contributed by atoms with E-state index in [1.807, 2.05) is 12.4 Å². The molecule has 1 aliphatic heterocycles. The van der Waals surface area contributed by atoms with Crippen LogP contribution >= 0.6 is 11.6 Å². The fourth-order valence-corrected chi connectivity index (χ4v) is 3.49. The third-order valence-corrected chi connectivity index (χ3v) is 4.90. The van der Waals surface area contributed by atoms with Gasteiger partial charge in [0.25, 0.3) is 0 Å². The van der Waals surface area contributed by atoms with Gasteiger partial charge in [0.2, 0.25) is 5.95 Å². The second-order valence-corrected chi connectivity index (χ2v) is 6.96. The van der Waals surface area contributed by atoms with Gasteiger partial charge in [-0.15, -0.1) is 0 Å². The van der Waals surface area contributed by atoms with Gasteiger partial charge in [-0.25, -0.2) is 14.8 Å². The van der Waals surface area contributed by atoms with Crippen LogP contribution in [0.15, 0.2) is 24.7 Å². The zero-order valence-corrected chi connectivity index (χ0v) is 16.4. The second kappa shape index (κ2) is 9.10. The Morgan fingerprint density at radius 2 is 1.96 bits per heavy atom. The largest absolute Gasteiger partial charge is 0.462 e. The molecule has 7 nitrogen and oxygen atoms in total. The SMILES string of the molecule is CCOC(=O)c1cc(Cl)cnc1C1CCN(Cc2cnc(NC)nc2)CC1. The molecule has 1 fully saturated rings. The first-order valence-corrected chi connectivity index (χ1v) is 9.52. The monoisotopic (exact) mass is 389 g/mol. The van der Waals surface area contributed by atoms with Crippen LogP contribution in [0, 0.1) is 0 Å². The number of piperidine rings is 1. The minimum absolute atomic E-state index is 0.223. The van der Waals surface area contributed by atoms with Gasteiger partial charge in [-0.3, -0.25) is 9.88 Å². The van der Waals surface area contributed by atoms with Crippen LogP contribution in [-0.2, 0) is 11.3 Å². The van der Waals surface area contributed by atoms with Crippen LogP contribution in [0.3, 0.4) is 0 Å². The summed E-state index contributed by atoms with van der Waals surface area (Å²) in [6.45, 7) is 4.78. The third-order valence-electron chi connectivity index (χ3n) is 4.69. The van der Waals surface area contributed by atoms with E-state index in [0.717, 1.165) is 43.7 Å². The van der Waals surface area contributed by atoms with Crippen molar-refractivity contribution in [3.05, 3.63) is 46.5 Å². The highest BCUT2D eigenvalue weighted by molar-refractivity contribution is 6.30. The van der Waals surface area contributed by atoms with Crippen LogP contribution < -0.4 is 5.32 Å². The first-order valence-electron chi connectivity index (χ1n) is 9.14. The number of rotatable bonds is 6. The number of nitrogens with zero attached hydrogens (tertiary/aromatic N) is 4. The summed E-state index contributed by atoms with van der Waals surface area (Å²) in [7, 11) is 1.80. The van der Waals surface area contributed by atoms with Gasteiger partial charge in [0.05, 0.1) is 22.9 Å². The molecular formula is C19H24ClN5O2. The van der Waals surface area contributed by atoms with Gasteiger partial charge >= 0.3 is 5.97 Å². The van der Waals surface area contributed by atoms with E-state index < -0.39 is 0 Å². The van der Waals surface area contributed by atoms with Crippen molar-refractivity contribution in [1.29, 1.82) is 0 Å². The van der Waals surface area contributed by atoms with Crippen molar-refractivity contribution in [2.24, 2.45) is 0 Å². The van der Waals surface area contributed by atoms with Crippen molar-refractivity contribution in [2.75, 3.05) is 32.1 Å². The molecule has 2 aromatic heterocycles. The van der Waals surface area contributed by atoms with Crippen LogP contribution in [0.1, 0.15) is 47.3 Å². The van der Waals surface area contributed by atoms with Crippen LogP contribution in [0.5, 0.6) is 0 Å². The Morgan fingerprint density at radius 1 is 1.26 bits per heavy atom. The number of pyridine rings is 1. The van der Waals surface area contributed by atoms with Crippen molar-refractivity contribution < 1.29 is 9.53 Å². The average Bonchev–Trinajstić information content (AvgIpc) is 2.69. The fraction of sp³-hybridized carbons (Fsp3) is 0.474. The van der Waals surface area contributed by atoms with Crippen molar-refractivity contribution in [2.45, 2.75) is 32.2 Å². The first kappa shape index (κ1) is 19.5. The summed E-state index contributed by atoms with van der Waals surface area (Å²) in [6.07, 6.45) is 7.16. The van der Waals surface area contributed by atoms with Crippen LogP contribution in [0.2, 0.25) is 5.02 Å². The minimum atomic E-state index is -0.355. The molecule has 0 aromatic carbocycles. The van der Waals surface area contributed by atoms with E-state index in [4.69, 9.17) is 16.3 Å². The maximum absolute atomic E-state index is 12.3. The highest BCUT2D eigenvalue weighted by Crippen LogP contribution is 2.31. The lowest BCUT2D eigenvalue weighted by molar-refractivity contribution is 0.0523. The number of halogens is 1. The van der Waals surface area contributed by atoms with Crippen molar-refractivity contribution in [1.82, 2.24) is 19.9 Å². The predicted molar refractivity (Wildman–Crippen MR) is 104 cm³/mol. The average molecular weight is 390 g/mol. The molecule has 0 aliphatic carbocycles. The summed E-state index contributed by atoms with van der Waals surface area (Å²) >= 11 is 6.04. The molecule has 0 radical (unpaired) electrons. The van der Waals surface area contributed by atoms with Gasteiger partial charge in [0.15, 0.2) is 0 Å². The van der Waals surface area contributed by atoms with E-state index in [0.29, 0.717) is 23.1 Å². The van der Waals surface area contributed by atoms with Crippen molar-refractivity contribution in [3.63, 3.8) is 0 Å². The third kappa shape index (κ3) is 4.93. The Labute approximate surface area is 164 Å². The molecule has 3 heterocycles. The van der Waals surface area contributed by atoms with Gasteiger partial charge in [0, 0.05) is 43.7 Å². The number of carbonyl (C=O) groups is 1. The molecule has 8 heteroatoms. The second-order valence-electron chi connectivity index (χ2n) is 6.52. The van der Waals surface area contributed by atoms with Gasteiger partial charge < -0.3 is 10.1 Å². The number of hydrogen-bond acceptors (Lipinski definition) is 7. The van der Waals surface area contributed by atoms with E-state index >= 15 is 0 Å². The Hall–Kier alpha value is -2.25.